The van der Waals surface area contributed by atoms with Gasteiger partial charge in [0.05, 0.1) is 11.1 Å². The van der Waals surface area contributed by atoms with Crippen LogP contribution in [0.1, 0.15) is 20.7 Å². The minimum atomic E-state index is -1.01. The van der Waals surface area contributed by atoms with Gasteiger partial charge in [0.2, 0.25) is 0 Å². The molecule has 0 aliphatic heterocycles. The van der Waals surface area contributed by atoms with Gasteiger partial charge in [-0.05, 0) is 56.9 Å². The molecule has 26 heavy (non-hydrogen) atoms. The molecule has 2 N–H and O–H groups in total. The minimum Gasteiger partial charge on any atom is -0.478 e. The number of hydrogen-bond acceptors (Lipinski definition) is 2. The lowest BCUT2D eigenvalue weighted by Crippen LogP contribution is -2.00. The normalized spacial score (nSPS) is 10.9. The van der Waals surface area contributed by atoms with E-state index in [9.17, 15) is 19.8 Å². The number of rotatable bonds is 3. The van der Waals surface area contributed by atoms with Gasteiger partial charge in [-0.25, -0.2) is 9.59 Å². The summed E-state index contributed by atoms with van der Waals surface area (Å²) in [4.78, 5) is 23.4. The molecule has 4 nitrogen and oxygen atoms in total. The molecule has 0 aromatic heterocycles. The summed E-state index contributed by atoms with van der Waals surface area (Å²) < 4.78 is 0. The average Bonchev–Trinajstić information content (AvgIpc) is 2.66. The molecule has 126 valence electrons. The quantitative estimate of drug-likeness (QED) is 0.546. The summed E-state index contributed by atoms with van der Waals surface area (Å²) in [6.45, 7) is 0. The van der Waals surface area contributed by atoms with Gasteiger partial charge >= 0.3 is 11.9 Å². The summed E-state index contributed by atoms with van der Waals surface area (Å²) >= 11 is 0. The number of fused-ring (bicyclic) bond motifs is 2. The van der Waals surface area contributed by atoms with Crippen LogP contribution in [0.25, 0.3) is 32.7 Å². The van der Waals surface area contributed by atoms with E-state index in [2.05, 4.69) is 0 Å². The van der Waals surface area contributed by atoms with Crippen molar-refractivity contribution in [3.63, 3.8) is 0 Å². The van der Waals surface area contributed by atoms with Crippen molar-refractivity contribution in [2.24, 2.45) is 0 Å². The molecule has 4 aromatic rings. The van der Waals surface area contributed by atoms with E-state index in [0.29, 0.717) is 21.9 Å². The van der Waals surface area contributed by atoms with E-state index in [1.807, 2.05) is 36.4 Å². The third kappa shape index (κ3) is 2.58. The summed E-state index contributed by atoms with van der Waals surface area (Å²) in [5, 5.41) is 22.1. The maximum Gasteiger partial charge on any atom is 0.336 e. The molecule has 0 amide bonds. The van der Waals surface area contributed by atoms with Gasteiger partial charge < -0.3 is 10.2 Å². The third-order valence-electron chi connectivity index (χ3n) is 4.52. The second-order valence-electron chi connectivity index (χ2n) is 6.10. The van der Waals surface area contributed by atoms with Crippen LogP contribution in [-0.2, 0) is 0 Å². The monoisotopic (exact) mass is 342 g/mol. The molecule has 0 saturated heterocycles. The zero-order chi connectivity index (χ0) is 18.3. The number of aromatic carboxylic acids is 2. The first-order valence-electron chi connectivity index (χ1n) is 8.07. The van der Waals surface area contributed by atoms with Crippen molar-refractivity contribution in [2.45, 2.75) is 0 Å². The van der Waals surface area contributed by atoms with E-state index in [-0.39, 0.29) is 11.1 Å². The topological polar surface area (TPSA) is 74.6 Å². The van der Waals surface area contributed by atoms with Crippen molar-refractivity contribution in [1.82, 2.24) is 0 Å². The van der Waals surface area contributed by atoms with E-state index in [1.54, 1.807) is 36.4 Å². The summed E-state index contributed by atoms with van der Waals surface area (Å²) in [6.07, 6.45) is 0. The summed E-state index contributed by atoms with van der Waals surface area (Å²) in [7, 11) is 0. The Bertz CT molecular complexity index is 1100. The molecule has 0 bridgehead atoms. The molecule has 0 heterocycles. The van der Waals surface area contributed by atoms with E-state index in [0.717, 1.165) is 10.8 Å². The lowest BCUT2D eigenvalue weighted by molar-refractivity contribution is 0.0688. The molecule has 4 rings (SSSR count). The Morgan fingerprint density at radius 1 is 0.577 bits per heavy atom. The number of carboxylic acid groups (broad SMARTS) is 2. The van der Waals surface area contributed by atoms with Crippen molar-refractivity contribution in [3.8, 4) is 11.1 Å². The van der Waals surface area contributed by atoms with Gasteiger partial charge in [-0.1, -0.05) is 48.5 Å². The fourth-order valence-electron chi connectivity index (χ4n) is 3.31. The lowest BCUT2D eigenvalue weighted by Gasteiger charge is -2.11. The molecule has 0 aliphatic rings. The Hall–Kier alpha value is -3.66. The minimum absolute atomic E-state index is 0.197. The van der Waals surface area contributed by atoms with E-state index >= 15 is 0 Å². The Morgan fingerprint density at radius 3 is 1.35 bits per heavy atom. The first kappa shape index (κ1) is 15.8. The Labute approximate surface area is 148 Å². The number of carboxylic acids is 2. The van der Waals surface area contributed by atoms with Crippen LogP contribution in [-0.4, -0.2) is 22.2 Å². The van der Waals surface area contributed by atoms with Crippen molar-refractivity contribution in [3.05, 3.63) is 83.9 Å². The Balaban J connectivity index is 2.04. The van der Waals surface area contributed by atoms with Gasteiger partial charge in [0.25, 0.3) is 0 Å². The highest BCUT2D eigenvalue weighted by atomic mass is 16.4. The van der Waals surface area contributed by atoms with Crippen LogP contribution >= 0.6 is 0 Å². The van der Waals surface area contributed by atoms with Crippen LogP contribution < -0.4 is 0 Å². The third-order valence-corrected chi connectivity index (χ3v) is 4.52. The van der Waals surface area contributed by atoms with E-state index in [1.165, 1.54) is 0 Å². The number of carbonyl (C=O) groups is 2. The SMILES string of the molecule is O=C(O)c1cc(-c2cc(C(=O)O)c3ccccc3c2)cc2ccccc12. The van der Waals surface area contributed by atoms with Gasteiger partial charge in [-0.15, -0.1) is 0 Å². The smallest absolute Gasteiger partial charge is 0.336 e. The molecule has 0 saturated carbocycles. The van der Waals surface area contributed by atoms with Gasteiger partial charge in [0.15, 0.2) is 0 Å². The zero-order valence-electron chi connectivity index (χ0n) is 13.6. The van der Waals surface area contributed by atoms with Crippen LogP contribution in [0.3, 0.4) is 0 Å². The second kappa shape index (κ2) is 6.01. The molecule has 0 atom stereocenters. The van der Waals surface area contributed by atoms with E-state index < -0.39 is 11.9 Å². The maximum absolute atomic E-state index is 11.7. The first-order chi connectivity index (χ1) is 12.5. The van der Waals surface area contributed by atoms with Gasteiger partial charge in [0.1, 0.15) is 0 Å². The summed E-state index contributed by atoms with van der Waals surface area (Å²) in [5.74, 6) is -2.02. The van der Waals surface area contributed by atoms with Crippen LogP contribution in [0.2, 0.25) is 0 Å². The van der Waals surface area contributed by atoms with Crippen molar-refractivity contribution >= 4 is 33.5 Å². The van der Waals surface area contributed by atoms with Crippen LogP contribution in [0, 0.1) is 0 Å². The fourth-order valence-corrected chi connectivity index (χ4v) is 3.31. The summed E-state index contributed by atoms with van der Waals surface area (Å²) in [6, 6.07) is 21.5. The van der Waals surface area contributed by atoms with Crippen molar-refractivity contribution < 1.29 is 19.8 Å². The molecule has 0 unspecified atom stereocenters. The average molecular weight is 342 g/mol. The van der Waals surface area contributed by atoms with Gasteiger partial charge in [0, 0.05) is 0 Å². The predicted molar refractivity (Wildman–Crippen MR) is 101 cm³/mol. The molecule has 0 fully saturated rings. The molecular formula is C22H14O4. The predicted octanol–water partition coefficient (Wildman–Crippen LogP) is 5.06. The zero-order valence-corrected chi connectivity index (χ0v) is 13.6. The van der Waals surface area contributed by atoms with Crippen molar-refractivity contribution in [1.29, 1.82) is 0 Å². The maximum atomic E-state index is 11.7. The highest BCUT2D eigenvalue weighted by Crippen LogP contribution is 2.32. The molecule has 0 aliphatic carbocycles. The fraction of sp³-hybridized carbons (Fsp3) is 0. The van der Waals surface area contributed by atoms with Crippen molar-refractivity contribution in [2.75, 3.05) is 0 Å². The first-order valence-corrected chi connectivity index (χ1v) is 8.07. The molecule has 4 aromatic carbocycles. The number of hydrogen-bond donors (Lipinski definition) is 2. The van der Waals surface area contributed by atoms with Crippen LogP contribution in [0.5, 0.6) is 0 Å². The molecule has 0 radical (unpaired) electrons. The largest absolute Gasteiger partial charge is 0.478 e. The highest BCUT2D eigenvalue weighted by Gasteiger charge is 2.15. The van der Waals surface area contributed by atoms with Crippen LogP contribution in [0.4, 0.5) is 0 Å². The molecular weight excluding hydrogens is 328 g/mol. The Morgan fingerprint density at radius 2 is 0.962 bits per heavy atom. The van der Waals surface area contributed by atoms with E-state index in [4.69, 9.17) is 0 Å². The highest BCUT2D eigenvalue weighted by molar-refractivity contribution is 6.08. The standard InChI is InChI=1S/C22H14O4/c23-21(24)19-11-15(9-13-5-1-3-7-17(13)19)16-10-14-6-2-4-8-18(14)20(12-16)22(25)26/h1-12H,(H,23,24)(H,25,26). The lowest BCUT2D eigenvalue weighted by atomic mass is 9.93. The summed E-state index contributed by atoms with van der Waals surface area (Å²) in [5.41, 5.74) is 1.75. The number of benzene rings is 4. The Kier molecular flexibility index (Phi) is 3.66. The molecule has 4 heteroatoms. The van der Waals surface area contributed by atoms with Gasteiger partial charge in [-0.2, -0.15) is 0 Å². The molecule has 0 spiro atoms. The second-order valence-corrected chi connectivity index (χ2v) is 6.10. The van der Waals surface area contributed by atoms with Crippen LogP contribution in [0.15, 0.2) is 72.8 Å². The van der Waals surface area contributed by atoms with Gasteiger partial charge in [-0.3, -0.25) is 0 Å².